The summed E-state index contributed by atoms with van der Waals surface area (Å²) in [6.45, 7) is 2.49. The predicted octanol–water partition coefficient (Wildman–Crippen LogP) is 2.90. The van der Waals surface area contributed by atoms with Gasteiger partial charge in [0.15, 0.2) is 0 Å². The Balaban J connectivity index is 1.36. The Morgan fingerprint density at radius 3 is 2.69 bits per heavy atom. The van der Waals surface area contributed by atoms with Crippen molar-refractivity contribution in [2.75, 3.05) is 26.7 Å². The maximum Gasteiger partial charge on any atom is 0.237 e. The van der Waals surface area contributed by atoms with E-state index >= 15 is 0 Å². The van der Waals surface area contributed by atoms with E-state index in [0.29, 0.717) is 19.6 Å². The zero-order valence-electron chi connectivity index (χ0n) is 18.3. The van der Waals surface area contributed by atoms with Crippen LogP contribution in [0.3, 0.4) is 0 Å². The molecular formula is C26H29N3O3. The summed E-state index contributed by atoms with van der Waals surface area (Å²) in [6.07, 6.45) is 0.880. The van der Waals surface area contributed by atoms with Crippen LogP contribution in [-0.2, 0) is 22.6 Å². The highest BCUT2D eigenvalue weighted by molar-refractivity contribution is 5.89. The molecule has 2 amide bonds. The first-order valence-electron chi connectivity index (χ1n) is 11.0. The summed E-state index contributed by atoms with van der Waals surface area (Å²) in [5, 5.41) is 8.24. The minimum Gasteiger partial charge on any atom is -0.497 e. The molecule has 4 rings (SSSR count). The highest BCUT2D eigenvalue weighted by Gasteiger charge is 2.31. The molecule has 3 aromatic carbocycles. The van der Waals surface area contributed by atoms with Gasteiger partial charge in [-0.1, -0.05) is 54.6 Å². The number of hydrogen-bond donors (Lipinski definition) is 2. The van der Waals surface area contributed by atoms with Gasteiger partial charge in [0.25, 0.3) is 0 Å². The molecule has 6 heteroatoms. The Labute approximate surface area is 188 Å². The van der Waals surface area contributed by atoms with E-state index in [-0.39, 0.29) is 18.2 Å². The van der Waals surface area contributed by atoms with Gasteiger partial charge >= 0.3 is 0 Å². The molecule has 0 saturated carbocycles. The summed E-state index contributed by atoms with van der Waals surface area (Å²) < 4.78 is 5.17. The lowest BCUT2D eigenvalue weighted by Crippen LogP contribution is -2.56. The van der Waals surface area contributed by atoms with Crippen molar-refractivity contribution in [1.82, 2.24) is 15.5 Å². The Kier molecular flexibility index (Phi) is 7.02. The van der Waals surface area contributed by atoms with Crippen LogP contribution in [0.4, 0.5) is 0 Å². The quantitative estimate of drug-likeness (QED) is 0.575. The van der Waals surface area contributed by atoms with E-state index in [1.54, 1.807) is 7.11 Å². The molecule has 166 valence electrons. The van der Waals surface area contributed by atoms with Gasteiger partial charge in [0.2, 0.25) is 11.8 Å². The maximum absolute atomic E-state index is 12.6. The van der Waals surface area contributed by atoms with E-state index in [9.17, 15) is 9.59 Å². The normalized spacial score (nSPS) is 16.5. The fraction of sp³-hybridized carbons (Fsp3) is 0.308. The number of carbonyl (C=O) groups excluding carboxylic acids is 2. The van der Waals surface area contributed by atoms with E-state index in [0.717, 1.165) is 24.3 Å². The first-order chi connectivity index (χ1) is 15.6. The van der Waals surface area contributed by atoms with Gasteiger partial charge in [0, 0.05) is 26.2 Å². The number of piperazine rings is 1. The standard InChI is InChI=1S/C26H29N3O3/c1-32-22-11-9-19(10-12-22)13-14-27-25(30)17-24-26(31)28-15-16-29(24)18-21-7-4-6-20-5-2-3-8-23(20)21/h2-12,24H,13-18H2,1H3,(H,27,30)(H,28,31). The largest absolute Gasteiger partial charge is 0.497 e. The van der Waals surface area contributed by atoms with E-state index in [2.05, 4.69) is 39.8 Å². The summed E-state index contributed by atoms with van der Waals surface area (Å²) in [4.78, 5) is 27.3. The van der Waals surface area contributed by atoms with Crippen molar-refractivity contribution in [3.8, 4) is 5.75 Å². The average molecular weight is 432 g/mol. The molecule has 1 aliphatic rings. The van der Waals surface area contributed by atoms with Crippen LogP contribution in [0.25, 0.3) is 10.8 Å². The second-order valence-electron chi connectivity index (χ2n) is 8.07. The zero-order chi connectivity index (χ0) is 22.3. The first-order valence-corrected chi connectivity index (χ1v) is 11.0. The molecule has 2 N–H and O–H groups in total. The fourth-order valence-corrected chi connectivity index (χ4v) is 4.21. The third kappa shape index (κ3) is 5.26. The molecule has 1 aliphatic heterocycles. The van der Waals surface area contributed by atoms with Crippen LogP contribution in [0.15, 0.2) is 66.7 Å². The van der Waals surface area contributed by atoms with Gasteiger partial charge in [-0.3, -0.25) is 14.5 Å². The van der Waals surface area contributed by atoms with Crippen molar-refractivity contribution in [3.63, 3.8) is 0 Å². The van der Waals surface area contributed by atoms with E-state index < -0.39 is 6.04 Å². The Morgan fingerprint density at radius 2 is 1.88 bits per heavy atom. The highest BCUT2D eigenvalue weighted by atomic mass is 16.5. The number of nitrogens with zero attached hydrogens (tertiary/aromatic N) is 1. The zero-order valence-corrected chi connectivity index (χ0v) is 18.3. The van der Waals surface area contributed by atoms with Crippen molar-refractivity contribution in [1.29, 1.82) is 0 Å². The molecule has 0 radical (unpaired) electrons. The van der Waals surface area contributed by atoms with Crippen LogP contribution in [0.5, 0.6) is 5.75 Å². The fourth-order valence-electron chi connectivity index (χ4n) is 4.21. The van der Waals surface area contributed by atoms with Gasteiger partial charge in [-0.2, -0.15) is 0 Å². The maximum atomic E-state index is 12.6. The van der Waals surface area contributed by atoms with E-state index in [1.165, 1.54) is 16.3 Å². The summed E-state index contributed by atoms with van der Waals surface area (Å²) >= 11 is 0. The van der Waals surface area contributed by atoms with Gasteiger partial charge < -0.3 is 15.4 Å². The number of benzene rings is 3. The Hall–Kier alpha value is -3.38. The third-order valence-corrected chi connectivity index (χ3v) is 5.97. The van der Waals surface area contributed by atoms with Crippen molar-refractivity contribution in [2.24, 2.45) is 0 Å². The van der Waals surface area contributed by atoms with Gasteiger partial charge in [-0.25, -0.2) is 0 Å². The summed E-state index contributed by atoms with van der Waals surface area (Å²) in [7, 11) is 1.64. The minimum absolute atomic E-state index is 0.0817. The summed E-state index contributed by atoms with van der Waals surface area (Å²) in [6, 6.07) is 21.8. The molecule has 1 unspecified atom stereocenters. The van der Waals surface area contributed by atoms with E-state index in [1.807, 2.05) is 42.5 Å². The minimum atomic E-state index is -0.469. The number of methoxy groups -OCH3 is 1. The lowest BCUT2D eigenvalue weighted by atomic mass is 10.0. The van der Waals surface area contributed by atoms with Crippen molar-refractivity contribution < 1.29 is 14.3 Å². The lowest BCUT2D eigenvalue weighted by molar-refractivity contribution is -0.134. The summed E-state index contributed by atoms with van der Waals surface area (Å²) in [5.41, 5.74) is 2.29. The highest BCUT2D eigenvalue weighted by Crippen LogP contribution is 2.22. The molecule has 0 spiro atoms. The van der Waals surface area contributed by atoms with Crippen molar-refractivity contribution in [3.05, 3.63) is 77.9 Å². The number of carbonyl (C=O) groups is 2. The van der Waals surface area contributed by atoms with Crippen LogP contribution >= 0.6 is 0 Å². The molecule has 1 heterocycles. The molecule has 3 aromatic rings. The molecule has 1 fully saturated rings. The Morgan fingerprint density at radius 1 is 1.09 bits per heavy atom. The number of fused-ring (bicyclic) bond motifs is 1. The number of hydrogen-bond acceptors (Lipinski definition) is 4. The monoisotopic (exact) mass is 431 g/mol. The second kappa shape index (κ2) is 10.3. The molecule has 0 aromatic heterocycles. The van der Waals surface area contributed by atoms with Gasteiger partial charge in [0.05, 0.1) is 19.6 Å². The lowest BCUT2D eigenvalue weighted by Gasteiger charge is -2.35. The SMILES string of the molecule is COc1ccc(CCNC(=O)CC2C(=O)NCCN2Cc2cccc3ccccc23)cc1. The Bertz CT molecular complexity index is 1080. The molecular weight excluding hydrogens is 402 g/mol. The van der Waals surface area contributed by atoms with Crippen LogP contribution in [0, 0.1) is 0 Å². The molecule has 32 heavy (non-hydrogen) atoms. The average Bonchev–Trinajstić information content (AvgIpc) is 2.82. The smallest absolute Gasteiger partial charge is 0.237 e. The van der Waals surface area contributed by atoms with Crippen LogP contribution in [0.2, 0.25) is 0 Å². The number of nitrogens with one attached hydrogen (secondary N) is 2. The van der Waals surface area contributed by atoms with Crippen LogP contribution in [-0.4, -0.2) is 49.5 Å². The topological polar surface area (TPSA) is 70.7 Å². The summed E-state index contributed by atoms with van der Waals surface area (Å²) in [5.74, 6) is 0.623. The molecule has 1 saturated heterocycles. The van der Waals surface area contributed by atoms with Gasteiger partial charge in [-0.05, 0) is 40.5 Å². The number of amides is 2. The molecule has 6 nitrogen and oxygen atoms in total. The number of ether oxygens (including phenoxy) is 1. The molecule has 1 atom stereocenters. The van der Waals surface area contributed by atoms with Crippen molar-refractivity contribution in [2.45, 2.75) is 25.4 Å². The van der Waals surface area contributed by atoms with Gasteiger partial charge in [0.1, 0.15) is 5.75 Å². The predicted molar refractivity (Wildman–Crippen MR) is 125 cm³/mol. The van der Waals surface area contributed by atoms with Crippen LogP contribution < -0.4 is 15.4 Å². The number of rotatable bonds is 8. The van der Waals surface area contributed by atoms with Crippen molar-refractivity contribution >= 4 is 22.6 Å². The third-order valence-electron chi connectivity index (χ3n) is 5.97. The molecule has 0 bridgehead atoms. The molecule has 0 aliphatic carbocycles. The van der Waals surface area contributed by atoms with Crippen LogP contribution in [0.1, 0.15) is 17.5 Å². The first kappa shape index (κ1) is 21.8. The van der Waals surface area contributed by atoms with E-state index in [4.69, 9.17) is 4.74 Å². The second-order valence-corrected chi connectivity index (χ2v) is 8.07. The van der Waals surface area contributed by atoms with Gasteiger partial charge in [-0.15, -0.1) is 0 Å².